The second-order valence-corrected chi connectivity index (χ2v) is 8.27. The lowest BCUT2D eigenvalue weighted by Gasteiger charge is -2.45. The molecule has 1 aromatic carbocycles. The van der Waals surface area contributed by atoms with Gasteiger partial charge in [-0.25, -0.2) is 0 Å². The first-order valence-corrected chi connectivity index (χ1v) is 10.8. The number of aliphatic hydroxyl groups excluding tert-OH is 7. The van der Waals surface area contributed by atoms with Crippen molar-refractivity contribution in [1.82, 2.24) is 0 Å². The second-order valence-electron chi connectivity index (χ2n) is 8.27. The molecule has 0 bridgehead atoms. The Kier molecular flexibility index (Phi) is 9.31. The van der Waals surface area contributed by atoms with Crippen LogP contribution in [0.3, 0.4) is 0 Å². The van der Waals surface area contributed by atoms with Crippen molar-refractivity contribution in [1.29, 1.82) is 0 Å². The number of nitrogens with two attached hydrogens (primary N) is 1. The fraction of sp³-hybridized carbons (Fsp3) is 0.667. The number of carbonyl (C=O) groups is 1. The van der Waals surface area contributed by atoms with Gasteiger partial charge in [0.05, 0.1) is 6.61 Å². The molecule has 0 aromatic heterocycles. The first-order valence-electron chi connectivity index (χ1n) is 10.8. The summed E-state index contributed by atoms with van der Waals surface area (Å²) in [5, 5.41) is 69.8. The summed E-state index contributed by atoms with van der Waals surface area (Å²) in [6, 6.07) is 7.99. The summed E-state index contributed by atoms with van der Waals surface area (Å²) in [6.45, 7) is -1.26. The molecule has 0 amide bonds. The summed E-state index contributed by atoms with van der Waals surface area (Å²) in [4.78, 5) is 12.3. The van der Waals surface area contributed by atoms with E-state index in [0.717, 1.165) is 5.56 Å². The van der Waals surface area contributed by atoms with Gasteiger partial charge >= 0.3 is 5.97 Å². The van der Waals surface area contributed by atoms with E-state index in [1.165, 1.54) is 0 Å². The SMILES string of the molecule is N[C@@H](Cc1ccccc1)C(=O)OC[C@H]1O[C@@H](O[C@H]2[C@H](O)[C@@H](O)[C@@H](O)O[C@@H]2CO)[C@H](O)[C@@H](O)[C@H]1O. The topological polar surface area (TPSA) is 222 Å². The number of hydrogen-bond donors (Lipinski definition) is 8. The van der Waals surface area contributed by atoms with Gasteiger partial charge in [0.25, 0.3) is 0 Å². The first-order chi connectivity index (χ1) is 16.1. The number of hydrogen-bond acceptors (Lipinski definition) is 13. The number of benzene rings is 1. The summed E-state index contributed by atoms with van der Waals surface area (Å²) >= 11 is 0. The lowest BCUT2D eigenvalue weighted by Crippen LogP contribution is -2.64. The lowest BCUT2D eigenvalue weighted by atomic mass is 9.97. The third kappa shape index (κ3) is 6.08. The predicted molar refractivity (Wildman–Crippen MR) is 111 cm³/mol. The standard InChI is InChI=1S/C21H31NO12/c22-10(6-9-4-2-1-3-5-9)19(29)31-8-12-13(24)14(25)17(28)21(33-12)34-18-11(7-23)32-20(30)16(27)15(18)26/h1-5,10-18,20-21,23-28,30H,6-8,22H2/t10-,11+,12+,13-,14-,15+,16+,17+,18+,20-,21-/m0/s1. The second kappa shape index (κ2) is 11.8. The zero-order valence-corrected chi connectivity index (χ0v) is 18.1. The van der Waals surface area contributed by atoms with E-state index in [-0.39, 0.29) is 6.42 Å². The van der Waals surface area contributed by atoms with Crippen LogP contribution >= 0.6 is 0 Å². The molecule has 0 radical (unpaired) electrons. The molecule has 2 saturated heterocycles. The maximum absolute atomic E-state index is 12.3. The van der Waals surface area contributed by atoms with E-state index in [9.17, 15) is 40.5 Å². The highest BCUT2D eigenvalue weighted by molar-refractivity contribution is 5.75. The van der Waals surface area contributed by atoms with Crippen molar-refractivity contribution < 1.29 is 59.5 Å². The number of ether oxygens (including phenoxy) is 4. The molecule has 0 aliphatic carbocycles. The first kappa shape index (κ1) is 26.8. The fourth-order valence-corrected chi connectivity index (χ4v) is 3.78. The summed E-state index contributed by atoms with van der Waals surface area (Å²) in [6.07, 6.45) is -16.2. The van der Waals surface area contributed by atoms with Crippen LogP contribution in [-0.2, 0) is 30.2 Å². The Morgan fingerprint density at radius 3 is 2.24 bits per heavy atom. The molecule has 9 N–H and O–H groups in total. The summed E-state index contributed by atoms with van der Waals surface area (Å²) in [7, 11) is 0. The van der Waals surface area contributed by atoms with Crippen LogP contribution in [0.1, 0.15) is 5.56 Å². The van der Waals surface area contributed by atoms with Gasteiger partial charge in [-0.2, -0.15) is 0 Å². The molecule has 2 aliphatic rings. The molecule has 2 heterocycles. The highest BCUT2D eigenvalue weighted by Gasteiger charge is 2.50. The molecule has 2 fully saturated rings. The van der Waals surface area contributed by atoms with Crippen LogP contribution in [-0.4, -0.2) is 122 Å². The molecule has 0 spiro atoms. The zero-order chi connectivity index (χ0) is 25.0. The normalized spacial score (nSPS) is 39.4. The fourth-order valence-electron chi connectivity index (χ4n) is 3.78. The van der Waals surface area contributed by atoms with E-state index in [1.807, 2.05) is 6.07 Å². The van der Waals surface area contributed by atoms with Crippen LogP contribution in [0.2, 0.25) is 0 Å². The summed E-state index contributed by atoms with van der Waals surface area (Å²) in [5.74, 6) is -0.786. The van der Waals surface area contributed by atoms with Gasteiger partial charge in [-0.15, -0.1) is 0 Å². The third-order valence-electron chi connectivity index (χ3n) is 5.79. The van der Waals surface area contributed by atoms with Crippen LogP contribution in [0.15, 0.2) is 30.3 Å². The average molecular weight is 489 g/mol. The highest BCUT2D eigenvalue weighted by atomic mass is 16.7. The molecule has 0 saturated carbocycles. The Morgan fingerprint density at radius 2 is 1.59 bits per heavy atom. The van der Waals surface area contributed by atoms with Gasteiger partial charge in [-0.05, 0) is 12.0 Å². The van der Waals surface area contributed by atoms with Gasteiger partial charge in [0, 0.05) is 0 Å². The zero-order valence-electron chi connectivity index (χ0n) is 18.1. The van der Waals surface area contributed by atoms with Crippen molar-refractivity contribution in [2.75, 3.05) is 13.2 Å². The van der Waals surface area contributed by atoms with E-state index >= 15 is 0 Å². The van der Waals surface area contributed by atoms with Crippen LogP contribution in [0.5, 0.6) is 0 Å². The van der Waals surface area contributed by atoms with Gasteiger partial charge in [0.15, 0.2) is 12.6 Å². The van der Waals surface area contributed by atoms with Gasteiger partial charge in [-0.1, -0.05) is 30.3 Å². The van der Waals surface area contributed by atoms with Crippen molar-refractivity contribution in [2.24, 2.45) is 5.73 Å². The third-order valence-corrected chi connectivity index (χ3v) is 5.79. The lowest BCUT2D eigenvalue weighted by molar-refractivity contribution is -0.355. The van der Waals surface area contributed by atoms with Crippen LogP contribution < -0.4 is 5.73 Å². The van der Waals surface area contributed by atoms with Gasteiger partial charge in [-0.3, -0.25) is 4.79 Å². The molecule has 2 aliphatic heterocycles. The van der Waals surface area contributed by atoms with Crippen LogP contribution in [0.25, 0.3) is 0 Å². The van der Waals surface area contributed by atoms with Crippen molar-refractivity contribution >= 4 is 5.97 Å². The maximum Gasteiger partial charge on any atom is 0.323 e. The van der Waals surface area contributed by atoms with Crippen molar-refractivity contribution in [2.45, 2.75) is 73.9 Å². The quantitative estimate of drug-likeness (QED) is 0.162. The highest BCUT2D eigenvalue weighted by Crippen LogP contribution is 2.28. The molecule has 34 heavy (non-hydrogen) atoms. The van der Waals surface area contributed by atoms with Gasteiger partial charge in [0.1, 0.15) is 61.5 Å². The molecule has 1 aromatic rings. The number of rotatable bonds is 8. The van der Waals surface area contributed by atoms with Crippen molar-refractivity contribution in [3.05, 3.63) is 35.9 Å². The molecular weight excluding hydrogens is 458 g/mol. The minimum absolute atomic E-state index is 0.205. The summed E-state index contributed by atoms with van der Waals surface area (Å²) in [5.41, 5.74) is 6.68. The largest absolute Gasteiger partial charge is 0.462 e. The number of aliphatic hydroxyl groups is 7. The van der Waals surface area contributed by atoms with Crippen molar-refractivity contribution in [3.63, 3.8) is 0 Å². The van der Waals surface area contributed by atoms with Crippen LogP contribution in [0, 0.1) is 0 Å². The molecule has 3 rings (SSSR count). The molecule has 192 valence electrons. The average Bonchev–Trinajstić information content (AvgIpc) is 2.83. The molecule has 0 unspecified atom stereocenters. The van der Waals surface area contributed by atoms with E-state index < -0.39 is 86.6 Å². The molecular formula is C21H31NO12. The van der Waals surface area contributed by atoms with Crippen LogP contribution in [0.4, 0.5) is 0 Å². The Balaban J connectivity index is 1.61. The monoisotopic (exact) mass is 489 g/mol. The minimum atomic E-state index is -1.81. The molecule has 13 nitrogen and oxygen atoms in total. The van der Waals surface area contributed by atoms with Gasteiger partial charge in [0.2, 0.25) is 0 Å². The van der Waals surface area contributed by atoms with Gasteiger partial charge < -0.3 is 60.4 Å². The Hall–Kier alpha value is -1.75. The van der Waals surface area contributed by atoms with E-state index in [0.29, 0.717) is 0 Å². The van der Waals surface area contributed by atoms with Crippen molar-refractivity contribution in [3.8, 4) is 0 Å². The Bertz CT molecular complexity index is 782. The number of esters is 1. The number of carbonyl (C=O) groups excluding carboxylic acids is 1. The molecule has 13 heteroatoms. The Labute approximate surface area is 194 Å². The van der Waals surface area contributed by atoms with E-state index in [4.69, 9.17) is 24.7 Å². The minimum Gasteiger partial charge on any atom is -0.462 e. The maximum atomic E-state index is 12.3. The smallest absolute Gasteiger partial charge is 0.323 e. The summed E-state index contributed by atoms with van der Waals surface area (Å²) < 4.78 is 21.0. The predicted octanol–water partition coefficient (Wildman–Crippen LogP) is -4.28. The van der Waals surface area contributed by atoms with E-state index in [2.05, 4.69) is 0 Å². The van der Waals surface area contributed by atoms with E-state index in [1.54, 1.807) is 24.3 Å². The Morgan fingerprint density at radius 1 is 0.912 bits per heavy atom. The molecule has 11 atom stereocenters.